The summed E-state index contributed by atoms with van der Waals surface area (Å²) in [6.45, 7) is 0. The van der Waals surface area contributed by atoms with Gasteiger partial charge in [-0.1, -0.05) is 0 Å². The lowest BCUT2D eigenvalue weighted by molar-refractivity contribution is -0.137. The number of carbonyl (C=O) groups excluding carboxylic acids is 1. The topological polar surface area (TPSA) is 66.4 Å². The molecule has 1 aliphatic rings. The Balaban J connectivity index is 1.97. The fourth-order valence-electron chi connectivity index (χ4n) is 1.70. The number of carbonyl (C=O) groups is 2. The molecule has 0 aromatic carbocycles. The summed E-state index contributed by atoms with van der Waals surface area (Å²) in [7, 11) is 0. The van der Waals surface area contributed by atoms with Gasteiger partial charge in [-0.25, -0.2) is 0 Å². The zero-order valence-electron chi connectivity index (χ0n) is 8.98. The first-order valence-electron chi connectivity index (χ1n) is 5.34. The third-order valence-electron chi connectivity index (χ3n) is 2.70. The number of amides is 1. The van der Waals surface area contributed by atoms with Gasteiger partial charge in [-0.2, -0.15) is 0 Å². The minimum atomic E-state index is -0.866. The third-order valence-corrected chi connectivity index (χ3v) is 4.32. The van der Waals surface area contributed by atoms with Gasteiger partial charge in [0.1, 0.15) is 0 Å². The van der Waals surface area contributed by atoms with Crippen molar-refractivity contribution in [1.82, 2.24) is 5.32 Å². The van der Waals surface area contributed by atoms with Gasteiger partial charge in [0.25, 0.3) is 5.91 Å². The Kier molecular flexibility index (Phi) is 3.83. The normalized spacial score (nSPS) is 16.5. The molecule has 17 heavy (non-hydrogen) atoms. The molecular weight excluding hydrogens is 306 g/mol. The molecule has 1 aliphatic carbocycles. The van der Waals surface area contributed by atoms with Crippen LogP contribution in [0.5, 0.6) is 0 Å². The van der Waals surface area contributed by atoms with Gasteiger partial charge in [0.2, 0.25) is 0 Å². The molecule has 1 unspecified atom stereocenters. The Labute approximate surface area is 111 Å². The van der Waals surface area contributed by atoms with Gasteiger partial charge in [0.15, 0.2) is 0 Å². The number of hydrogen-bond donors (Lipinski definition) is 2. The molecule has 2 rings (SSSR count). The highest BCUT2D eigenvalue weighted by Gasteiger charge is 2.34. The Morgan fingerprint density at radius 3 is 2.71 bits per heavy atom. The summed E-state index contributed by atoms with van der Waals surface area (Å²) >= 11 is 4.64. The lowest BCUT2D eigenvalue weighted by Gasteiger charge is -2.15. The van der Waals surface area contributed by atoms with Crippen molar-refractivity contribution in [2.45, 2.75) is 25.3 Å². The molecule has 1 amide bonds. The second kappa shape index (κ2) is 5.18. The summed E-state index contributed by atoms with van der Waals surface area (Å²) in [6, 6.07) is 3.30. The lowest BCUT2D eigenvalue weighted by atomic mass is 10.1. The number of carboxylic acids is 1. The van der Waals surface area contributed by atoms with E-state index in [9.17, 15) is 9.59 Å². The minimum Gasteiger partial charge on any atom is -0.481 e. The van der Waals surface area contributed by atoms with E-state index in [0.29, 0.717) is 10.8 Å². The molecule has 0 spiro atoms. The summed E-state index contributed by atoms with van der Waals surface area (Å²) in [5.41, 5.74) is 0. The summed E-state index contributed by atoms with van der Waals surface area (Å²) in [5.74, 6) is -0.716. The molecule has 4 nitrogen and oxygen atoms in total. The van der Waals surface area contributed by atoms with Crippen LogP contribution in [0, 0.1) is 5.92 Å². The standard InChI is InChI=1S/C11H12BrNO3S/c12-9-4-3-8(17-9)11(16)13-7(5-10(14)15)6-1-2-6/h3-4,6-7H,1-2,5H2,(H,13,16)(H,14,15). The maximum atomic E-state index is 11.9. The maximum absolute atomic E-state index is 11.9. The first-order valence-corrected chi connectivity index (χ1v) is 6.95. The van der Waals surface area contributed by atoms with Crippen molar-refractivity contribution in [2.24, 2.45) is 5.92 Å². The lowest BCUT2D eigenvalue weighted by Crippen LogP contribution is -2.37. The number of hydrogen-bond acceptors (Lipinski definition) is 3. The summed E-state index contributed by atoms with van der Waals surface area (Å²) < 4.78 is 0.892. The van der Waals surface area contributed by atoms with Crippen LogP contribution in [0.25, 0.3) is 0 Å². The highest BCUT2D eigenvalue weighted by molar-refractivity contribution is 9.11. The van der Waals surface area contributed by atoms with E-state index >= 15 is 0 Å². The fraction of sp³-hybridized carbons (Fsp3) is 0.455. The van der Waals surface area contributed by atoms with Gasteiger partial charge >= 0.3 is 5.97 Å². The van der Waals surface area contributed by atoms with Gasteiger partial charge in [-0.05, 0) is 46.8 Å². The number of rotatable bonds is 5. The van der Waals surface area contributed by atoms with E-state index in [4.69, 9.17) is 5.11 Å². The minimum absolute atomic E-state index is 0.00293. The number of nitrogens with one attached hydrogen (secondary N) is 1. The van der Waals surface area contributed by atoms with Gasteiger partial charge in [-0.15, -0.1) is 11.3 Å². The number of thiophene rings is 1. The molecule has 0 saturated heterocycles. The van der Waals surface area contributed by atoms with Crippen LogP contribution in [0.1, 0.15) is 28.9 Å². The summed E-state index contributed by atoms with van der Waals surface area (Å²) in [4.78, 5) is 23.2. The van der Waals surface area contributed by atoms with E-state index < -0.39 is 5.97 Å². The monoisotopic (exact) mass is 317 g/mol. The first kappa shape index (κ1) is 12.6. The predicted octanol–water partition coefficient (Wildman–Crippen LogP) is 2.49. The van der Waals surface area contributed by atoms with E-state index in [0.717, 1.165) is 16.6 Å². The van der Waals surface area contributed by atoms with Crippen molar-refractivity contribution in [3.63, 3.8) is 0 Å². The number of halogens is 1. The highest BCUT2D eigenvalue weighted by Crippen LogP contribution is 2.34. The Morgan fingerprint density at radius 2 is 2.24 bits per heavy atom. The van der Waals surface area contributed by atoms with E-state index in [1.807, 2.05) is 6.07 Å². The van der Waals surface area contributed by atoms with Crippen LogP contribution in [0.3, 0.4) is 0 Å². The van der Waals surface area contributed by atoms with Crippen molar-refractivity contribution >= 4 is 39.1 Å². The van der Waals surface area contributed by atoms with Crippen LogP contribution in [0.15, 0.2) is 15.9 Å². The second-order valence-electron chi connectivity index (χ2n) is 4.12. The molecule has 1 aromatic rings. The van der Waals surface area contributed by atoms with Crippen molar-refractivity contribution < 1.29 is 14.7 Å². The molecule has 2 N–H and O–H groups in total. The van der Waals surface area contributed by atoms with E-state index in [2.05, 4.69) is 21.2 Å². The Hall–Kier alpha value is -0.880. The molecule has 92 valence electrons. The van der Waals surface area contributed by atoms with Crippen molar-refractivity contribution in [3.8, 4) is 0 Å². The zero-order valence-corrected chi connectivity index (χ0v) is 11.4. The quantitative estimate of drug-likeness (QED) is 0.876. The van der Waals surface area contributed by atoms with Gasteiger partial charge in [0, 0.05) is 6.04 Å². The van der Waals surface area contributed by atoms with Crippen LogP contribution >= 0.6 is 27.3 Å². The molecule has 0 radical (unpaired) electrons. The predicted molar refractivity (Wildman–Crippen MR) is 68.3 cm³/mol. The van der Waals surface area contributed by atoms with E-state index in [1.54, 1.807) is 6.07 Å². The average molecular weight is 318 g/mol. The fourth-order valence-corrected chi connectivity index (χ4v) is 2.99. The average Bonchev–Trinajstić information content (AvgIpc) is 2.99. The smallest absolute Gasteiger partial charge is 0.305 e. The van der Waals surface area contributed by atoms with Crippen molar-refractivity contribution in [3.05, 3.63) is 20.8 Å². The van der Waals surface area contributed by atoms with Crippen LogP contribution in [-0.4, -0.2) is 23.0 Å². The van der Waals surface area contributed by atoms with E-state index in [1.165, 1.54) is 11.3 Å². The number of aliphatic carboxylic acids is 1. The van der Waals surface area contributed by atoms with E-state index in [-0.39, 0.29) is 18.4 Å². The van der Waals surface area contributed by atoms with Crippen LogP contribution in [-0.2, 0) is 4.79 Å². The summed E-state index contributed by atoms with van der Waals surface area (Å²) in [5, 5.41) is 11.6. The van der Waals surface area contributed by atoms with Crippen LogP contribution < -0.4 is 5.32 Å². The molecule has 1 saturated carbocycles. The van der Waals surface area contributed by atoms with Gasteiger partial charge in [0.05, 0.1) is 15.1 Å². The Bertz CT molecular complexity index is 442. The molecule has 1 atom stereocenters. The molecule has 1 aromatic heterocycles. The molecular formula is C11H12BrNO3S. The molecule has 1 heterocycles. The largest absolute Gasteiger partial charge is 0.481 e. The third kappa shape index (κ3) is 3.54. The van der Waals surface area contributed by atoms with Crippen molar-refractivity contribution in [2.75, 3.05) is 0 Å². The molecule has 0 aliphatic heterocycles. The number of carboxylic acid groups (broad SMARTS) is 1. The highest BCUT2D eigenvalue weighted by atomic mass is 79.9. The van der Waals surface area contributed by atoms with Gasteiger partial charge < -0.3 is 10.4 Å². The first-order chi connectivity index (χ1) is 8.06. The van der Waals surface area contributed by atoms with Crippen LogP contribution in [0.4, 0.5) is 0 Å². The Morgan fingerprint density at radius 1 is 1.53 bits per heavy atom. The molecule has 1 fully saturated rings. The van der Waals surface area contributed by atoms with Crippen molar-refractivity contribution in [1.29, 1.82) is 0 Å². The summed E-state index contributed by atoms with van der Waals surface area (Å²) in [6.07, 6.45) is 2.02. The maximum Gasteiger partial charge on any atom is 0.305 e. The van der Waals surface area contributed by atoms with Crippen LogP contribution in [0.2, 0.25) is 0 Å². The van der Waals surface area contributed by atoms with Gasteiger partial charge in [-0.3, -0.25) is 9.59 Å². The SMILES string of the molecule is O=C(O)CC(NC(=O)c1ccc(Br)s1)C1CC1. The molecule has 6 heteroatoms. The zero-order chi connectivity index (χ0) is 12.4. The molecule has 0 bridgehead atoms. The second-order valence-corrected chi connectivity index (χ2v) is 6.58.